The van der Waals surface area contributed by atoms with E-state index >= 15 is 0 Å². The molecule has 1 aromatic heterocycles. The molecule has 0 aliphatic rings. The summed E-state index contributed by atoms with van der Waals surface area (Å²) in [7, 11) is 1.79. The number of hydrogen-bond donors (Lipinski definition) is 1. The van der Waals surface area contributed by atoms with Crippen molar-refractivity contribution < 1.29 is 9.53 Å². The Morgan fingerprint density at radius 1 is 1.00 bits per heavy atom. The smallest absolute Gasteiger partial charge is 0.261 e. The number of rotatable bonds is 4. The molecular weight excluding hydrogens is 388 g/mol. The van der Waals surface area contributed by atoms with Crippen molar-refractivity contribution in [2.24, 2.45) is 7.05 Å². The number of pyridine rings is 1. The highest BCUT2D eigenvalue weighted by Crippen LogP contribution is 2.32. The Bertz CT molecular complexity index is 1270. The fraction of sp³-hybridized carbons (Fsp3) is 0.0435. The van der Waals surface area contributed by atoms with Crippen LogP contribution in [0.15, 0.2) is 83.8 Å². The van der Waals surface area contributed by atoms with E-state index in [1.807, 2.05) is 30.3 Å². The first-order valence-electron chi connectivity index (χ1n) is 8.95. The molecule has 0 bridgehead atoms. The van der Waals surface area contributed by atoms with Crippen molar-refractivity contribution in [3.05, 3.63) is 99.8 Å². The number of fused-ring (bicyclic) bond motifs is 1. The minimum atomic E-state index is -0.531. The Labute approximate surface area is 172 Å². The number of benzene rings is 3. The Hall–Kier alpha value is -3.57. The molecule has 1 heterocycles. The Morgan fingerprint density at radius 3 is 2.52 bits per heavy atom. The lowest BCUT2D eigenvalue weighted by molar-refractivity contribution is 0.102. The fourth-order valence-corrected chi connectivity index (χ4v) is 3.27. The van der Waals surface area contributed by atoms with Crippen LogP contribution < -0.4 is 15.5 Å². The zero-order valence-corrected chi connectivity index (χ0v) is 16.3. The molecular formula is C23H17ClN2O3. The van der Waals surface area contributed by atoms with Gasteiger partial charge in [0.25, 0.3) is 5.91 Å². The van der Waals surface area contributed by atoms with Crippen molar-refractivity contribution in [3.8, 4) is 11.5 Å². The summed E-state index contributed by atoms with van der Waals surface area (Å²) >= 11 is 6.11. The molecule has 0 aliphatic heterocycles. The largest absolute Gasteiger partial charge is 0.455 e. The number of para-hydroxylation sites is 2. The van der Waals surface area contributed by atoms with Gasteiger partial charge in [0.05, 0.1) is 11.2 Å². The van der Waals surface area contributed by atoms with Crippen LogP contribution in [0.25, 0.3) is 10.9 Å². The third-order valence-corrected chi connectivity index (χ3v) is 4.74. The van der Waals surface area contributed by atoms with E-state index in [4.69, 9.17) is 16.3 Å². The van der Waals surface area contributed by atoms with Gasteiger partial charge in [0.15, 0.2) is 5.75 Å². The van der Waals surface area contributed by atoms with Crippen molar-refractivity contribution in [3.63, 3.8) is 0 Å². The van der Waals surface area contributed by atoms with Gasteiger partial charge >= 0.3 is 0 Å². The van der Waals surface area contributed by atoms with Crippen LogP contribution in [-0.2, 0) is 7.05 Å². The summed E-state index contributed by atoms with van der Waals surface area (Å²) in [6.45, 7) is 0. The second-order valence-corrected chi connectivity index (χ2v) is 6.95. The highest BCUT2D eigenvalue weighted by Gasteiger charge is 2.17. The number of halogens is 1. The number of carbonyl (C=O) groups is 1. The maximum absolute atomic E-state index is 12.9. The molecule has 0 aliphatic carbocycles. The quantitative estimate of drug-likeness (QED) is 0.506. The van der Waals surface area contributed by atoms with Crippen LogP contribution in [0.5, 0.6) is 11.5 Å². The highest BCUT2D eigenvalue weighted by molar-refractivity contribution is 6.31. The number of amides is 1. The van der Waals surface area contributed by atoms with Gasteiger partial charge in [0.1, 0.15) is 11.3 Å². The van der Waals surface area contributed by atoms with E-state index in [0.717, 1.165) is 5.52 Å². The molecule has 4 rings (SSSR count). The topological polar surface area (TPSA) is 60.3 Å². The Morgan fingerprint density at radius 2 is 1.72 bits per heavy atom. The van der Waals surface area contributed by atoms with E-state index in [1.165, 1.54) is 6.20 Å². The van der Waals surface area contributed by atoms with E-state index in [-0.39, 0.29) is 11.0 Å². The van der Waals surface area contributed by atoms with Crippen molar-refractivity contribution >= 4 is 34.1 Å². The number of aromatic nitrogens is 1. The van der Waals surface area contributed by atoms with Crippen molar-refractivity contribution in [1.29, 1.82) is 0 Å². The molecule has 1 N–H and O–H groups in total. The summed E-state index contributed by atoms with van der Waals surface area (Å²) in [6.07, 6.45) is 1.53. The van der Waals surface area contributed by atoms with Crippen molar-refractivity contribution in [2.45, 2.75) is 0 Å². The van der Waals surface area contributed by atoms with E-state index in [1.54, 1.807) is 54.1 Å². The lowest BCUT2D eigenvalue weighted by Gasteiger charge is -2.14. The van der Waals surface area contributed by atoms with Crippen molar-refractivity contribution in [2.75, 3.05) is 5.32 Å². The summed E-state index contributed by atoms with van der Waals surface area (Å²) in [6, 6.07) is 21.3. The SMILES string of the molecule is Cn1cc(C(=O)Nc2cc(Cl)ccc2Oc2ccccc2)c(=O)c2ccccc21. The molecule has 0 saturated heterocycles. The minimum Gasteiger partial charge on any atom is -0.455 e. The van der Waals surface area contributed by atoms with Gasteiger partial charge in [0, 0.05) is 23.7 Å². The lowest BCUT2D eigenvalue weighted by atomic mass is 10.1. The summed E-state index contributed by atoms with van der Waals surface area (Å²) in [5.41, 5.74) is 0.840. The van der Waals surface area contributed by atoms with Crippen LogP contribution in [0, 0.1) is 0 Å². The maximum atomic E-state index is 12.9. The number of aryl methyl sites for hydroxylation is 1. The minimum absolute atomic E-state index is 0.0387. The van der Waals surface area contributed by atoms with Gasteiger partial charge in [-0.05, 0) is 42.5 Å². The van der Waals surface area contributed by atoms with Crippen molar-refractivity contribution in [1.82, 2.24) is 4.57 Å². The third-order valence-electron chi connectivity index (χ3n) is 4.50. The average Bonchev–Trinajstić information content (AvgIpc) is 2.73. The average molecular weight is 405 g/mol. The predicted octanol–water partition coefficient (Wildman–Crippen LogP) is 5.24. The first-order chi connectivity index (χ1) is 14.0. The second kappa shape index (κ2) is 7.81. The number of nitrogens with zero attached hydrogens (tertiary/aromatic N) is 1. The first-order valence-corrected chi connectivity index (χ1v) is 9.33. The predicted molar refractivity (Wildman–Crippen MR) is 115 cm³/mol. The summed E-state index contributed by atoms with van der Waals surface area (Å²) in [4.78, 5) is 25.7. The molecule has 1 amide bonds. The van der Waals surface area contributed by atoms with E-state index in [2.05, 4.69) is 5.32 Å². The molecule has 0 saturated carbocycles. The van der Waals surface area contributed by atoms with Crippen LogP contribution in [0.3, 0.4) is 0 Å². The molecule has 5 nitrogen and oxygen atoms in total. The standard InChI is InChI=1S/C23H17ClN2O3/c1-26-14-18(22(27)17-9-5-6-10-20(17)26)23(28)25-19-13-15(24)11-12-21(19)29-16-7-3-2-4-8-16/h2-14H,1H3,(H,25,28). The molecule has 144 valence electrons. The molecule has 4 aromatic rings. The molecule has 3 aromatic carbocycles. The van der Waals surface area contributed by atoms with Gasteiger partial charge in [-0.15, -0.1) is 0 Å². The van der Waals surface area contributed by atoms with Crippen LogP contribution >= 0.6 is 11.6 Å². The molecule has 29 heavy (non-hydrogen) atoms. The lowest BCUT2D eigenvalue weighted by Crippen LogP contribution is -2.23. The summed E-state index contributed by atoms with van der Waals surface area (Å²) in [5, 5.41) is 3.68. The summed E-state index contributed by atoms with van der Waals surface area (Å²) in [5.74, 6) is 0.509. The number of hydrogen-bond acceptors (Lipinski definition) is 3. The second-order valence-electron chi connectivity index (χ2n) is 6.51. The highest BCUT2D eigenvalue weighted by atomic mass is 35.5. The van der Waals surface area contributed by atoms with Gasteiger partial charge in [-0.1, -0.05) is 41.9 Å². The van der Waals surface area contributed by atoms with E-state index in [0.29, 0.717) is 27.6 Å². The van der Waals surface area contributed by atoms with Gasteiger partial charge in [-0.2, -0.15) is 0 Å². The van der Waals surface area contributed by atoms with Gasteiger partial charge in [-0.3, -0.25) is 9.59 Å². The number of anilines is 1. The number of nitrogens with one attached hydrogen (secondary N) is 1. The molecule has 0 unspecified atom stereocenters. The van der Waals surface area contributed by atoms with Crippen LogP contribution in [0.1, 0.15) is 10.4 Å². The number of ether oxygens (including phenoxy) is 1. The van der Waals surface area contributed by atoms with Crippen LogP contribution in [0.2, 0.25) is 5.02 Å². The van der Waals surface area contributed by atoms with E-state index in [9.17, 15) is 9.59 Å². The van der Waals surface area contributed by atoms with Gasteiger partial charge in [-0.25, -0.2) is 0 Å². The Kier molecular flexibility index (Phi) is 5.06. The third kappa shape index (κ3) is 3.86. The molecule has 0 radical (unpaired) electrons. The van der Waals surface area contributed by atoms with E-state index < -0.39 is 5.91 Å². The molecule has 0 fully saturated rings. The van der Waals surface area contributed by atoms with Gasteiger partial charge in [0.2, 0.25) is 5.43 Å². The van der Waals surface area contributed by atoms with Crippen LogP contribution in [0.4, 0.5) is 5.69 Å². The monoisotopic (exact) mass is 404 g/mol. The summed E-state index contributed by atoms with van der Waals surface area (Å²) < 4.78 is 7.62. The fourth-order valence-electron chi connectivity index (χ4n) is 3.10. The molecule has 0 atom stereocenters. The van der Waals surface area contributed by atoms with Crippen LogP contribution in [-0.4, -0.2) is 10.5 Å². The maximum Gasteiger partial charge on any atom is 0.261 e. The number of carbonyl (C=O) groups excluding carboxylic acids is 1. The van der Waals surface area contributed by atoms with Gasteiger partial charge < -0.3 is 14.6 Å². The molecule has 0 spiro atoms. The first kappa shape index (κ1) is 18.8. The Balaban J connectivity index is 1.70. The zero-order chi connectivity index (χ0) is 20.4. The zero-order valence-electron chi connectivity index (χ0n) is 15.6. The normalized spacial score (nSPS) is 10.7. The molecule has 6 heteroatoms.